The lowest BCUT2D eigenvalue weighted by molar-refractivity contribution is -0.189. The lowest BCUT2D eigenvalue weighted by atomic mass is 9.94. The lowest BCUT2D eigenvalue weighted by Crippen LogP contribution is -2.43. The summed E-state index contributed by atoms with van der Waals surface area (Å²) in [5, 5.41) is 3.44. The number of nitrogens with one attached hydrogen (secondary N) is 1. The average Bonchev–Trinajstić information content (AvgIpc) is 2.79. The Labute approximate surface area is 110 Å². The molecule has 102 valence electrons. The van der Waals surface area contributed by atoms with Gasteiger partial charge in [0.2, 0.25) is 0 Å². The van der Waals surface area contributed by atoms with Crippen LogP contribution >= 0.6 is 0 Å². The first-order valence-electron chi connectivity index (χ1n) is 7.06. The van der Waals surface area contributed by atoms with Gasteiger partial charge >= 0.3 is 0 Å². The Morgan fingerprint density at radius 3 is 2.67 bits per heavy atom. The molecule has 1 aliphatic heterocycles. The maximum Gasteiger partial charge on any atom is 0.168 e. The Morgan fingerprint density at radius 1 is 1.22 bits per heavy atom. The molecule has 3 heteroatoms. The molecule has 2 fully saturated rings. The minimum atomic E-state index is -0.280. The number of rotatable bonds is 6. The van der Waals surface area contributed by atoms with Crippen LogP contribution in [0.5, 0.6) is 0 Å². The molecule has 1 heterocycles. The lowest BCUT2D eigenvalue weighted by Gasteiger charge is -2.32. The van der Waals surface area contributed by atoms with Crippen molar-refractivity contribution < 1.29 is 9.47 Å². The average molecular weight is 251 g/mol. The van der Waals surface area contributed by atoms with E-state index < -0.39 is 0 Å². The van der Waals surface area contributed by atoms with Gasteiger partial charge in [-0.2, -0.15) is 0 Å². The van der Waals surface area contributed by atoms with Gasteiger partial charge < -0.3 is 14.8 Å². The summed E-state index contributed by atoms with van der Waals surface area (Å²) in [6.07, 6.45) is 10.7. The van der Waals surface area contributed by atoms with E-state index in [2.05, 4.69) is 18.5 Å². The quantitative estimate of drug-likeness (QED) is 0.736. The molecule has 18 heavy (non-hydrogen) atoms. The van der Waals surface area contributed by atoms with Gasteiger partial charge in [-0.05, 0) is 19.3 Å². The number of hydrogen-bond donors (Lipinski definition) is 1. The van der Waals surface area contributed by atoms with E-state index in [0.29, 0.717) is 6.61 Å². The van der Waals surface area contributed by atoms with Crippen molar-refractivity contribution in [2.75, 3.05) is 13.2 Å². The maximum atomic E-state index is 6.23. The van der Waals surface area contributed by atoms with Crippen molar-refractivity contribution in [2.45, 2.75) is 56.5 Å². The summed E-state index contributed by atoms with van der Waals surface area (Å²) in [7, 11) is 0. The second kappa shape index (κ2) is 6.50. The zero-order valence-electron chi connectivity index (χ0n) is 11.2. The van der Waals surface area contributed by atoms with Gasteiger partial charge in [-0.15, -0.1) is 13.2 Å². The van der Waals surface area contributed by atoms with Gasteiger partial charge in [0, 0.05) is 25.4 Å². The van der Waals surface area contributed by atoms with Crippen LogP contribution in [0.25, 0.3) is 0 Å². The SMILES string of the molecule is C=CCN[C@H](CC=C)[C@H]1COC2(CCCCC2)O1. The maximum absolute atomic E-state index is 6.23. The second-order valence-corrected chi connectivity index (χ2v) is 5.27. The Morgan fingerprint density at radius 2 is 2.00 bits per heavy atom. The van der Waals surface area contributed by atoms with Crippen LogP contribution in [0.4, 0.5) is 0 Å². The summed E-state index contributed by atoms with van der Waals surface area (Å²) in [4.78, 5) is 0. The molecule has 0 bridgehead atoms. The molecule has 1 N–H and O–H groups in total. The van der Waals surface area contributed by atoms with Gasteiger partial charge in [0.15, 0.2) is 5.79 Å². The zero-order valence-corrected chi connectivity index (χ0v) is 11.2. The molecule has 2 aliphatic rings. The third-order valence-corrected chi connectivity index (χ3v) is 3.89. The van der Waals surface area contributed by atoms with Crippen molar-refractivity contribution in [1.82, 2.24) is 5.32 Å². The van der Waals surface area contributed by atoms with Gasteiger partial charge in [-0.25, -0.2) is 0 Å². The van der Waals surface area contributed by atoms with Crippen LogP contribution in [0.1, 0.15) is 38.5 Å². The van der Waals surface area contributed by atoms with Crippen LogP contribution in [0.2, 0.25) is 0 Å². The van der Waals surface area contributed by atoms with Crippen LogP contribution in [0, 0.1) is 0 Å². The van der Waals surface area contributed by atoms with Crippen molar-refractivity contribution in [3.05, 3.63) is 25.3 Å². The van der Waals surface area contributed by atoms with Crippen molar-refractivity contribution in [2.24, 2.45) is 0 Å². The number of ether oxygens (including phenoxy) is 2. The molecular weight excluding hydrogens is 226 g/mol. The summed E-state index contributed by atoms with van der Waals surface area (Å²) in [6, 6.07) is 0.279. The van der Waals surface area contributed by atoms with Crippen LogP contribution < -0.4 is 5.32 Å². The first-order chi connectivity index (χ1) is 8.79. The summed E-state index contributed by atoms with van der Waals surface area (Å²) in [5.41, 5.74) is 0. The number of hydrogen-bond acceptors (Lipinski definition) is 3. The minimum Gasteiger partial charge on any atom is -0.347 e. The highest BCUT2D eigenvalue weighted by molar-refractivity contribution is 4.92. The van der Waals surface area contributed by atoms with Crippen LogP contribution in [0.15, 0.2) is 25.3 Å². The smallest absolute Gasteiger partial charge is 0.168 e. The molecule has 2 rings (SSSR count). The normalized spacial score (nSPS) is 28.1. The molecule has 0 aromatic rings. The molecular formula is C15H25NO2. The fraction of sp³-hybridized carbons (Fsp3) is 0.733. The van der Waals surface area contributed by atoms with E-state index in [1.54, 1.807) is 0 Å². The third kappa shape index (κ3) is 3.22. The van der Waals surface area contributed by atoms with E-state index in [1.165, 1.54) is 19.3 Å². The Kier molecular flexibility index (Phi) is 4.98. The van der Waals surface area contributed by atoms with Gasteiger partial charge in [0.25, 0.3) is 0 Å². The Balaban J connectivity index is 1.91. The molecule has 0 unspecified atom stereocenters. The van der Waals surface area contributed by atoms with Crippen molar-refractivity contribution in [3.63, 3.8) is 0 Å². The van der Waals surface area contributed by atoms with Crippen LogP contribution in [-0.4, -0.2) is 31.1 Å². The van der Waals surface area contributed by atoms with Crippen molar-refractivity contribution in [3.8, 4) is 0 Å². The van der Waals surface area contributed by atoms with Crippen LogP contribution in [-0.2, 0) is 9.47 Å². The van der Waals surface area contributed by atoms with E-state index in [9.17, 15) is 0 Å². The van der Waals surface area contributed by atoms with Crippen LogP contribution in [0.3, 0.4) is 0 Å². The summed E-state index contributed by atoms with van der Waals surface area (Å²) < 4.78 is 12.2. The minimum absolute atomic E-state index is 0.140. The topological polar surface area (TPSA) is 30.5 Å². The molecule has 0 aromatic heterocycles. The van der Waals surface area contributed by atoms with Crippen molar-refractivity contribution in [1.29, 1.82) is 0 Å². The Hall–Kier alpha value is -0.640. The monoisotopic (exact) mass is 251 g/mol. The van der Waals surface area contributed by atoms with E-state index >= 15 is 0 Å². The Bertz CT molecular complexity index is 284. The van der Waals surface area contributed by atoms with Gasteiger partial charge in [-0.3, -0.25) is 0 Å². The zero-order chi connectivity index (χ0) is 12.8. The predicted molar refractivity (Wildman–Crippen MR) is 73.4 cm³/mol. The molecule has 0 radical (unpaired) electrons. The summed E-state index contributed by atoms with van der Waals surface area (Å²) >= 11 is 0. The first-order valence-corrected chi connectivity index (χ1v) is 7.06. The first kappa shape index (κ1) is 13.8. The third-order valence-electron chi connectivity index (χ3n) is 3.89. The van der Waals surface area contributed by atoms with E-state index in [0.717, 1.165) is 25.8 Å². The largest absolute Gasteiger partial charge is 0.347 e. The van der Waals surface area contributed by atoms with E-state index in [1.807, 2.05) is 12.2 Å². The highest BCUT2D eigenvalue weighted by atomic mass is 16.7. The fourth-order valence-electron chi connectivity index (χ4n) is 2.91. The molecule has 1 aliphatic carbocycles. The summed E-state index contributed by atoms with van der Waals surface area (Å²) in [6.45, 7) is 9.06. The summed E-state index contributed by atoms with van der Waals surface area (Å²) in [5.74, 6) is -0.280. The standard InChI is InChI=1S/C15H25NO2/c1-3-8-13(16-11-4-2)14-12-17-15(18-14)9-6-5-7-10-15/h3-4,13-14,16H,1-2,5-12H2/t13-,14-/m1/s1. The van der Waals surface area contributed by atoms with E-state index in [4.69, 9.17) is 9.47 Å². The van der Waals surface area contributed by atoms with Gasteiger partial charge in [0.05, 0.1) is 12.7 Å². The second-order valence-electron chi connectivity index (χ2n) is 5.27. The highest BCUT2D eigenvalue weighted by Crippen LogP contribution is 2.38. The van der Waals surface area contributed by atoms with Gasteiger partial charge in [0.1, 0.15) is 0 Å². The molecule has 1 spiro atoms. The molecule has 2 atom stereocenters. The fourth-order valence-corrected chi connectivity index (χ4v) is 2.91. The predicted octanol–water partition coefficient (Wildman–Crippen LogP) is 2.78. The van der Waals surface area contributed by atoms with Gasteiger partial charge in [-0.1, -0.05) is 18.6 Å². The molecule has 3 nitrogen and oxygen atoms in total. The molecule has 0 aromatic carbocycles. The molecule has 0 amide bonds. The van der Waals surface area contributed by atoms with E-state index in [-0.39, 0.29) is 17.9 Å². The molecule has 1 saturated heterocycles. The highest BCUT2D eigenvalue weighted by Gasteiger charge is 2.44. The van der Waals surface area contributed by atoms with Crippen molar-refractivity contribution >= 4 is 0 Å². The molecule has 1 saturated carbocycles.